The third-order valence-corrected chi connectivity index (χ3v) is 3.65. The van der Waals surface area contributed by atoms with Crippen molar-refractivity contribution in [1.29, 1.82) is 0 Å². The Balaban J connectivity index is 2.03. The van der Waals surface area contributed by atoms with E-state index in [0.29, 0.717) is 18.2 Å². The third kappa shape index (κ3) is 3.90. The van der Waals surface area contributed by atoms with Gasteiger partial charge in [0.15, 0.2) is 5.82 Å². The molecular formula is C13H18N4OS. The fraction of sp³-hybridized carbons (Fsp3) is 0.385. The van der Waals surface area contributed by atoms with Gasteiger partial charge in [-0.2, -0.15) is 0 Å². The number of nitrogen functional groups attached to an aromatic ring is 1. The van der Waals surface area contributed by atoms with E-state index in [2.05, 4.69) is 32.4 Å². The second-order valence-electron chi connectivity index (χ2n) is 4.25. The highest BCUT2D eigenvalue weighted by molar-refractivity contribution is 7.09. The van der Waals surface area contributed by atoms with Crippen molar-refractivity contribution in [2.75, 3.05) is 31.3 Å². The van der Waals surface area contributed by atoms with Crippen molar-refractivity contribution in [2.45, 2.75) is 13.0 Å². The number of nitrogens with zero attached hydrogens (tertiary/aromatic N) is 3. The first-order chi connectivity index (χ1) is 9.19. The Morgan fingerprint density at radius 3 is 2.95 bits per heavy atom. The molecule has 0 aliphatic carbocycles. The fourth-order valence-corrected chi connectivity index (χ4v) is 2.44. The molecule has 2 aromatic rings. The summed E-state index contributed by atoms with van der Waals surface area (Å²) in [6.45, 7) is 1.26. The molecule has 2 N–H and O–H groups in total. The average Bonchev–Trinajstić information content (AvgIpc) is 2.88. The van der Waals surface area contributed by atoms with Crippen molar-refractivity contribution in [3.63, 3.8) is 0 Å². The highest BCUT2D eigenvalue weighted by Crippen LogP contribution is 2.15. The number of ether oxygens (including phenoxy) is 1. The van der Waals surface area contributed by atoms with Gasteiger partial charge in [0.1, 0.15) is 18.2 Å². The van der Waals surface area contributed by atoms with Crippen LogP contribution in [0.2, 0.25) is 0 Å². The van der Waals surface area contributed by atoms with Crippen LogP contribution in [-0.4, -0.2) is 30.7 Å². The number of likely N-dealkylation sites (N-methyl/N-ethyl adjacent to an activating group) is 1. The maximum absolute atomic E-state index is 5.79. The molecule has 0 radical (unpaired) electrons. The van der Waals surface area contributed by atoms with E-state index >= 15 is 0 Å². The lowest BCUT2D eigenvalue weighted by atomic mass is 10.3. The molecule has 0 atom stereocenters. The van der Waals surface area contributed by atoms with E-state index in [4.69, 9.17) is 10.5 Å². The van der Waals surface area contributed by atoms with Gasteiger partial charge in [0.05, 0.1) is 0 Å². The topological polar surface area (TPSA) is 64.3 Å². The van der Waals surface area contributed by atoms with Gasteiger partial charge in [-0.05, 0) is 17.9 Å². The van der Waals surface area contributed by atoms with Crippen molar-refractivity contribution in [2.24, 2.45) is 0 Å². The molecule has 0 spiro atoms. The number of hydrogen-bond donors (Lipinski definition) is 1. The molecule has 2 aromatic heterocycles. The smallest absolute Gasteiger partial charge is 0.158 e. The first-order valence-corrected chi connectivity index (χ1v) is 6.93. The van der Waals surface area contributed by atoms with E-state index in [9.17, 15) is 0 Å². The Kier molecular flexibility index (Phi) is 4.70. The zero-order valence-corrected chi connectivity index (χ0v) is 12.0. The van der Waals surface area contributed by atoms with Crippen LogP contribution in [0.5, 0.6) is 0 Å². The fourth-order valence-electron chi connectivity index (χ4n) is 1.74. The van der Waals surface area contributed by atoms with E-state index in [1.807, 2.05) is 7.05 Å². The van der Waals surface area contributed by atoms with Crippen molar-refractivity contribution in [3.8, 4) is 0 Å². The largest absolute Gasteiger partial charge is 0.384 e. The molecule has 0 aliphatic heterocycles. The van der Waals surface area contributed by atoms with Gasteiger partial charge in [-0.25, -0.2) is 9.97 Å². The van der Waals surface area contributed by atoms with Crippen molar-refractivity contribution in [3.05, 3.63) is 34.3 Å². The molecule has 19 heavy (non-hydrogen) atoms. The number of anilines is 2. The van der Waals surface area contributed by atoms with Crippen LogP contribution in [0.4, 0.5) is 11.6 Å². The van der Waals surface area contributed by atoms with Crippen LogP contribution in [0.15, 0.2) is 23.6 Å². The van der Waals surface area contributed by atoms with Gasteiger partial charge in [-0.3, -0.25) is 0 Å². The molecule has 0 bridgehead atoms. The molecule has 0 aliphatic rings. The van der Waals surface area contributed by atoms with Crippen molar-refractivity contribution >= 4 is 23.0 Å². The zero-order valence-electron chi connectivity index (χ0n) is 11.2. The van der Waals surface area contributed by atoms with Crippen LogP contribution in [0.3, 0.4) is 0 Å². The summed E-state index contributed by atoms with van der Waals surface area (Å²) >= 11 is 1.77. The number of methoxy groups -OCH3 is 1. The van der Waals surface area contributed by atoms with Crippen LogP contribution < -0.4 is 10.6 Å². The van der Waals surface area contributed by atoms with Gasteiger partial charge in [-0.15, -0.1) is 11.3 Å². The molecule has 0 aromatic carbocycles. The Bertz CT molecular complexity index is 515. The van der Waals surface area contributed by atoms with Crippen molar-refractivity contribution < 1.29 is 4.74 Å². The van der Waals surface area contributed by atoms with Crippen LogP contribution in [0.1, 0.15) is 10.7 Å². The van der Waals surface area contributed by atoms with Gasteiger partial charge in [0, 0.05) is 31.6 Å². The summed E-state index contributed by atoms with van der Waals surface area (Å²) in [5, 5.41) is 2.09. The molecule has 2 heterocycles. The summed E-state index contributed by atoms with van der Waals surface area (Å²) in [5.74, 6) is 1.91. The minimum atomic E-state index is 0.372. The monoisotopic (exact) mass is 278 g/mol. The van der Waals surface area contributed by atoms with E-state index in [1.54, 1.807) is 24.5 Å². The molecule has 6 heteroatoms. The lowest BCUT2D eigenvalue weighted by Gasteiger charge is -2.18. The van der Waals surface area contributed by atoms with Gasteiger partial charge >= 0.3 is 0 Å². The molecule has 0 amide bonds. The van der Waals surface area contributed by atoms with E-state index in [-0.39, 0.29) is 0 Å². The maximum Gasteiger partial charge on any atom is 0.158 e. The van der Waals surface area contributed by atoms with Gasteiger partial charge in [0.2, 0.25) is 0 Å². The summed E-state index contributed by atoms with van der Waals surface area (Å²) in [7, 11) is 3.62. The minimum absolute atomic E-state index is 0.372. The highest BCUT2D eigenvalue weighted by atomic mass is 32.1. The predicted molar refractivity (Wildman–Crippen MR) is 78.5 cm³/mol. The standard InChI is InChI=1S/C13H18N4OS/c1-17(6-5-10-4-3-7-19-10)13-8-11(14)15-12(16-13)9-18-2/h3-4,7-8H,5-6,9H2,1-2H3,(H2,14,15,16). The number of thiophene rings is 1. The Labute approximate surface area is 117 Å². The molecule has 2 rings (SSSR count). The molecule has 102 valence electrons. The Hall–Kier alpha value is -1.66. The first kappa shape index (κ1) is 13.8. The van der Waals surface area contributed by atoms with Gasteiger partial charge in [0.25, 0.3) is 0 Å². The SMILES string of the molecule is COCc1nc(N)cc(N(C)CCc2cccs2)n1. The number of aromatic nitrogens is 2. The van der Waals surface area contributed by atoms with Crippen LogP contribution in [-0.2, 0) is 17.8 Å². The molecular weight excluding hydrogens is 260 g/mol. The lowest BCUT2D eigenvalue weighted by molar-refractivity contribution is 0.178. The minimum Gasteiger partial charge on any atom is -0.384 e. The summed E-state index contributed by atoms with van der Waals surface area (Å²) in [6.07, 6.45) is 0.998. The van der Waals surface area contributed by atoms with Crippen LogP contribution in [0, 0.1) is 0 Å². The Morgan fingerprint density at radius 2 is 2.26 bits per heavy atom. The molecule has 5 nitrogen and oxygen atoms in total. The average molecular weight is 278 g/mol. The van der Waals surface area contributed by atoms with E-state index < -0.39 is 0 Å². The molecule has 0 saturated heterocycles. The summed E-state index contributed by atoms with van der Waals surface area (Å²) in [4.78, 5) is 12.0. The molecule has 0 unspecified atom stereocenters. The summed E-state index contributed by atoms with van der Waals surface area (Å²) in [5.41, 5.74) is 5.79. The lowest BCUT2D eigenvalue weighted by Crippen LogP contribution is -2.22. The number of rotatable bonds is 6. The second kappa shape index (κ2) is 6.49. The third-order valence-electron chi connectivity index (χ3n) is 2.72. The summed E-state index contributed by atoms with van der Waals surface area (Å²) < 4.78 is 5.04. The van der Waals surface area contributed by atoms with Crippen LogP contribution in [0.25, 0.3) is 0 Å². The highest BCUT2D eigenvalue weighted by Gasteiger charge is 2.07. The van der Waals surface area contributed by atoms with Crippen LogP contribution >= 0.6 is 11.3 Å². The van der Waals surface area contributed by atoms with Gasteiger partial charge in [-0.1, -0.05) is 6.07 Å². The Morgan fingerprint density at radius 1 is 1.42 bits per heavy atom. The first-order valence-electron chi connectivity index (χ1n) is 6.05. The zero-order chi connectivity index (χ0) is 13.7. The normalized spacial score (nSPS) is 10.6. The second-order valence-corrected chi connectivity index (χ2v) is 5.28. The maximum atomic E-state index is 5.79. The van der Waals surface area contributed by atoms with E-state index in [0.717, 1.165) is 18.8 Å². The number of nitrogens with two attached hydrogens (primary N) is 1. The molecule has 0 fully saturated rings. The number of hydrogen-bond acceptors (Lipinski definition) is 6. The summed E-state index contributed by atoms with van der Waals surface area (Å²) in [6, 6.07) is 6.00. The molecule has 0 saturated carbocycles. The van der Waals surface area contributed by atoms with Gasteiger partial charge < -0.3 is 15.4 Å². The quantitative estimate of drug-likeness (QED) is 0.875. The van der Waals surface area contributed by atoms with Crippen molar-refractivity contribution in [1.82, 2.24) is 9.97 Å². The van der Waals surface area contributed by atoms with E-state index in [1.165, 1.54) is 4.88 Å². The predicted octanol–water partition coefficient (Wildman–Crippen LogP) is 1.95.